The van der Waals surface area contributed by atoms with Crippen LogP contribution in [0.3, 0.4) is 0 Å². The fourth-order valence-electron chi connectivity index (χ4n) is 4.49. The maximum atomic E-state index is 13.5. The molecule has 1 heterocycles. The molecule has 1 aliphatic carbocycles. The first kappa shape index (κ1) is 24.2. The number of para-hydroxylation sites is 1. The van der Waals surface area contributed by atoms with Crippen LogP contribution in [0.2, 0.25) is 0 Å². The molecule has 0 bridgehead atoms. The van der Waals surface area contributed by atoms with Gasteiger partial charge in [0.05, 0.1) is 16.7 Å². The molecule has 0 spiro atoms. The van der Waals surface area contributed by atoms with Crippen molar-refractivity contribution in [1.82, 2.24) is 20.6 Å². The summed E-state index contributed by atoms with van der Waals surface area (Å²) < 4.78 is 13.5. The first-order valence-electron chi connectivity index (χ1n) is 12.2. The second kappa shape index (κ2) is 10.6. The molecule has 3 N–H and O–H groups in total. The quantitative estimate of drug-likeness (QED) is 0.321. The second-order valence-corrected chi connectivity index (χ2v) is 9.08. The SMILES string of the molecule is Cc1cccc(CCNC2=C(c3nc4c(C(=O)NCc5cccc(F)c5)cccc4[nH]3)C(=O)CC=C2)c1. The van der Waals surface area contributed by atoms with Gasteiger partial charge in [-0.3, -0.25) is 9.59 Å². The van der Waals surface area contributed by atoms with E-state index in [0.717, 1.165) is 6.42 Å². The summed E-state index contributed by atoms with van der Waals surface area (Å²) in [6.07, 6.45) is 4.86. The highest BCUT2D eigenvalue weighted by atomic mass is 19.1. The second-order valence-electron chi connectivity index (χ2n) is 9.08. The predicted octanol–water partition coefficient (Wildman–Crippen LogP) is 5.01. The van der Waals surface area contributed by atoms with E-state index >= 15 is 0 Å². The van der Waals surface area contributed by atoms with Gasteiger partial charge < -0.3 is 15.6 Å². The number of aromatic amines is 1. The Balaban J connectivity index is 1.38. The Hall–Kier alpha value is -4.52. The number of Topliss-reactive ketones (excluding diaryl/α,β-unsaturated/α-hetero) is 1. The van der Waals surface area contributed by atoms with Crippen LogP contribution < -0.4 is 10.6 Å². The molecule has 186 valence electrons. The van der Waals surface area contributed by atoms with Crippen LogP contribution >= 0.6 is 0 Å². The molecule has 1 aliphatic rings. The third kappa shape index (κ3) is 5.51. The summed E-state index contributed by atoms with van der Waals surface area (Å²) in [5.41, 5.74) is 5.79. The first-order chi connectivity index (χ1) is 18.0. The zero-order valence-electron chi connectivity index (χ0n) is 20.5. The molecule has 5 rings (SSSR count). The average Bonchev–Trinajstić information content (AvgIpc) is 3.31. The fourth-order valence-corrected chi connectivity index (χ4v) is 4.49. The van der Waals surface area contributed by atoms with Gasteiger partial charge in [0.1, 0.15) is 17.2 Å². The molecule has 3 aromatic carbocycles. The van der Waals surface area contributed by atoms with E-state index in [0.29, 0.717) is 45.8 Å². The smallest absolute Gasteiger partial charge is 0.253 e. The van der Waals surface area contributed by atoms with E-state index in [2.05, 4.69) is 45.7 Å². The van der Waals surface area contributed by atoms with Crippen molar-refractivity contribution < 1.29 is 14.0 Å². The molecule has 0 saturated carbocycles. The van der Waals surface area contributed by atoms with Crippen LogP contribution in [0.1, 0.15) is 39.3 Å². The molecular formula is C30H27FN4O2. The molecule has 0 radical (unpaired) electrons. The van der Waals surface area contributed by atoms with Gasteiger partial charge in [-0.2, -0.15) is 0 Å². The van der Waals surface area contributed by atoms with Crippen molar-refractivity contribution in [3.05, 3.63) is 118 Å². The standard InChI is InChI=1S/C30H27FN4O2/c1-19-6-2-7-20(16-19)14-15-32-24-11-5-13-26(36)27(24)29-34-25-12-4-10-23(28(25)35-29)30(37)33-18-21-8-3-9-22(31)17-21/h2-12,16-17,32H,13-15,18H2,1H3,(H,33,37)(H,34,35). The van der Waals surface area contributed by atoms with Gasteiger partial charge in [-0.1, -0.05) is 54.1 Å². The molecule has 7 heteroatoms. The zero-order valence-corrected chi connectivity index (χ0v) is 20.5. The Bertz CT molecular complexity index is 1550. The predicted molar refractivity (Wildman–Crippen MR) is 142 cm³/mol. The number of carbonyl (C=O) groups excluding carboxylic acids is 2. The van der Waals surface area contributed by atoms with Crippen molar-refractivity contribution in [3.63, 3.8) is 0 Å². The molecule has 0 aliphatic heterocycles. The van der Waals surface area contributed by atoms with E-state index < -0.39 is 0 Å². The van der Waals surface area contributed by atoms with Crippen molar-refractivity contribution in [2.75, 3.05) is 6.54 Å². The summed E-state index contributed by atoms with van der Waals surface area (Å²) in [7, 11) is 0. The number of aromatic nitrogens is 2. The van der Waals surface area contributed by atoms with Crippen molar-refractivity contribution in [1.29, 1.82) is 0 Å². The number of amides is 1. The fraction of sp³-hybridized carbons (Fsp3) is 0.167. The van der Waals surface area contributed by atoms with Gasteiger partial charge in [-0.25, -0.2) is 9.37 Å². The number of ketones is 1. The number of hydrogen-bond acceptors (Lipinski definition) is 4. The molecule has 0 saturated heterocycles. The summed E-state index contributed by atoms with van der Waals surface area (Å²) in [5.74, 6) is -0.300. The van der Waals surface area contributed by atoms with Crippen LogP contribution in [0.25, 0.3) is 16.6 Å². The minimum atomic E-state index is -0.353. The maximum Gasteiger partial charge on any atom is 0.253 e. The van der Waals surface area contributed by atoms with Gasteiger partial charge in [0, 0.05) is 25.2 Å². The lowest BCUT2D eigenvalue weighted by Gasteiger charge is -2.15. The first-order valence-corrected chi connectivity index (χ1v) is 12.2. The Morgan fingerprint density at radius 2 is 1.86 bits per heavy atom. The van der Waals surface area contributed by atoms with Crippen molar-refractivity contribution >= 4 is 28.3 Å². The number of carbonyl (C=O) groups is 2. The summed E-state index contributed by atoms with van der Waals surface area (Å²) in [5, 5.41) is 6.22. The minimum absolute atomic E-state index is 0.0447. The highest BCUT2D eigenvalue weighted by Gasteiger charge is 2.23. The maximum absolute atomic E-state index is 13.5. The summed E-state index contributed by atoms with van der Waals surface area (Å²) in [6, 6.07) is 19.7. The van der Waals surface area contributed by atoms with Crippen molar-refractivity contribution in [3.8, 4) is 0 Å². The monoisotopic (exact) mass is 494 g/mol. The number of halogens is 1. The number of allylic oxidation sites excluding steroid dienone is 3. The van der Waals surface area contributed by atoms with Crippen LogP contribution in [-0.4, -0.2) is 28.2 Å². The van der Waals surface area contributed by atoms with E-state index in [1.165, 1.54) is 23.3 Å². The topological polar surface area (TPSA) is 86.9 Å². The lowest BCUT2D eigenvalue weighted by Crippen LogP contribution is -2.23. The number of fused-ring (bicyclic) bond motifs is 1. The van der Waals surface area contributed by atoms with E-state index in [4.69, 9.17) is 0 Å². The van der Waals surface area contributed by atoms with Gasteiger partial charge in [-0.15, -0.1) is 0 Å². The number of imidazole rings is 1. The summed E-state index contributed by atoms with van der Waals surface area (Å²) in [4.78, 5) is 33.8. The van der Waals surface area contributed by atoms with Crippen LogP contribution in [0, 0.1) is 12.7 Å². The number of nitrogens with zero attached hydrogens (tertiary/aromatic N) is 1. The molecule has 0 unspecified atom stereocenters. The third-order valence-electron chi connectivity index (χ3n) is 6.28. The minimum Gasteiger partial charge on any atom is -0.384 e. The Morgan fingerprint density at radius 3 is 2.70 bits per heavy atom. The number of rotatable bonds is 8. The largest absolute Gasteiger partial charge is 0.384 e. The van der Waals surface area contributed by atoms with E-state index in [9.17, 15) is 14.0 Å². The molecule has 6 nitrogen and oxygen atoms in total. The van der Waals surface area contributed by atoms with Gasteiger partial charge in [0.2, 0.25) is 0 Å². The molecule has 1 aromatic heterocycles. The van der Waals surface area contributed by atoms with E-state index in [1.54, 1.807) is 24.3 Å². The van der Waals surface area contributed by atoms with Crippen molar-refractivity contribution in [2.45, 2.75) is 26.3 Å². The number of nitrogens with one attached hydrogen (secondary N) is 3. The number of H-pyrrole nitrogens is 1. The Kier molecular flexibility index (Phi) is 6.94. The molecule has 0 fully saturated rings. The molecule has 4 aromatic rings. The van der Waals surface area contributed by atoms with Crippen LogP contribution in [-0.2, 0) is 17.8 Å². The van der Waals surface area contributed by atoms with Gasteiger partial charge >= 0.3 is 0 Å². The van der Waals surface area contributed by atoms with Gasteiger partial charge in [-0.05, 0) is 54.8 Å². The number of hydrogen-bond donors (Lipinski definition) is 3. The molecular weight excluding hydrogens is 467 g/mol. The van der Waals surface area contributed by atoms with Crippen LogP contribution in [0.15, 0.2) is 84.6 Å². The van der Waals surface area contributed by atoms with E-state index in [-0.39, 0.29) is 30.5 Å². The third-order valence-corrected chi connectivity index (χ3v) is 6.28. The van der Waals surface area contributed by atoms with Crippen LogP contribution in [0.4, 0.5) is 4.39 Å². The number of benzene rings is 3. The summed E-state index contributed by atoms with van der Waals surface area (Å²) >= 11 is 0. The average molecular weight is 495 g/mol. The lowest BCUT2D eigenvalue weighted by atomic mass is 9.99. The van der Waals surface area contributed by atoms with Crippen LogP contribution in [0.5, 0.6) is 0 Å². The highest BCUT2D eigenvalue weighted by molar-refractivity contribution is 6.23. The van der Waals surface area contributed by atoms with E-state index in [1.807, 2.05) is 24.3 Å². The van der Waals surface area contributed by atoms with Gasteiger partial charge in [0.15, 0.2) is 5.78 Å². The lowest BCUT2D eigenvalue weighted by molar-refractivity contribution is -0.113. The molecule has 1 amide bonds. The van der Waals surface area contributed by atoms with Crippen molar-refractivity contribution in [2.24, 2.45) is 0 Å². The molecule has 37 heavy (non-hydrogen) atoms. The number of aryl methyl sites for hydroxylation is 1. The zero-order chi connectivity index (χ0) is 25.8. The Labute approximate surface area is 214 Å². The molecule has 0 atom stereocenters. The Morgan fingerprint density at radius 1 is 1.05 bits per heavy atom. The normalized spacial score (nSPS) is 13.3. The highest BCUT2D eigenvalue weighted by Crippen LogP contribution is 2.26. The summed E-state index contributed by atoms with van der Waals surface area (Å²) in [6.45, 7) is 2.92. The van der Waals surface area contributed by atoms with Gasteiger partial charge in [0.25, 0.3) is 5.91 Å².